The number of aryl methyl sites for hydroxylation is 1. The van der Waals surface area contributed by atoms with E-state index >= 15 is 0 Å². The highest BCUT2D eigenvalue weighted by Gasteiger charge is 2.12. The zero-order valence-corrected chi connectivity index (χ0v) is 14.7. The van der Waals surface area contributed by atoms with E-state index in [1.807, 2.05) is 24.3 Å². The van der Waals surface area contributed by atoms with Crippen LogP contribution in [-0.4, -0.2) is 30.3 Å². The molecular weight excluding hydrogens is 344 g/mol. The number of rotatable bonds is 6. The molecule has 3 heterocycles. The average Bonchev–Trinajstić information content (AvgIpc) is 3.33. The summed E-state index contributed by atoms with van der Waals surface area (Å²) in [6.07, 6.45) is 7.65. The van der Waals surface area contributed by atoms with E-state index in [-0.39, 0.29) is 18.3 Å². The summed E-state index contributed by atoms with van der Waals surface area (Å²) in [5, 5.41) is 11.2. The number of amides is 1. The van der Waals surface area contributed by atoms with E-state index in [1.165, 1.54) is 5.56 Å². The maximum Gasteiger partial charge on any atom is 0.276 e. The molecule has 0 fully saturated rings. The summed E-state index contributed by atoms with van der Waals surface area (Å²) in [4.78, 5) is 16.5. The lowest BCUT2D eigenvalue weighted by molar-refractivity contribution is 0.102. The Bertz CT molecular complexity index is 1030. The van der Waals surface area contributed by atoms with Gasteiger partial charge in [0.25, 0.3) is 5.91 Å². The molecule has 3 aromatic heterocycles. The minimum atomic E-state index is -0.323. The van der Waals surface area contributed by atoms with Crippen LogP contribution in [-0.2, 0) is 13.2 Å². The number of nitrogens with zero attached hydrogens (tertiary/aromatic N) is 5. The van der Waals surface area contributed by atoms with Crippen molar-refractivity contribution in [2.45, 2.75) is 20.1 Å². The first-order chi connectivity index (χ1) is 13.2. The number of fused-ring (bicyclic) bond motifs is 1. The van der Waals surface area contributed by atoms with Gasteiger partial charge in [0.2, 0.25) is 0 Å². The summed E-state index contributed by atoms with van der Waals surface area (Å²) in [6, 6.07) is 11.3. The number of anilines is 1. The van der Waals surface area contributed by atoms with Gasteiger partial charge in [-0.1, -0.05) is 19.1 Å². The molecule has 136 valence electrons. The summed E-state index contributed by atoms with van der Waals surface area (Å²) in [7, 11) is 0. The van der Waals surface area contributed by atoms with E-state index < -0.39 is 0 Å². The molecule has 0 unspecified atom stereocenters. The Labute approximate surface area is 155 Å². The van der Waals surface area contributed by atoms with Crippen LogP contribution in [0.25, 0.3) is 5.65 Å². The van der Waals surface area contributed by atoms with Crippen LogP contribution in [0.1, 0.15) is 23.0 Å². The molecule has 0 aliphatic heterocycles. The molecule has 0 aliphatic rings. The Balaban J connectivity index is 1.37. The number of benzene rings is 1. The van der Waals surface area contributed by atoms with Crippen molar-refractivity contribution in [3.63, 3.8) is 0 Å². The highest BCUT2D eigenvalue weighted by atomic mass is 16.5. The van der Waals surface area contributed by atoms with Gasteiger partial charge >= 0.3 is 0 Å². The topological polar surface area (TPSA) is 86.3 Å². The normalized spacial score (nSPS) is 10.9. The first-order valence-electron chi connectivity index (χ1n) is 8.57. The minimum Gasteiger partial charge on any atom is -0.471 e. The molecule has 27 heavy (non-hydrogen) atoms. The van der Waals surface area contributed by atoms with Crippen molar-refractivity contribution in [2.24, 2.45) is 0 Å². The van der Waals surface area contributed by atoms with Crippen LogP contribution >= 0.6 is 0 Å². The standard InChI is InChI=1S/C19H18N6O2/c1-2-14-4-6-16(7-5-14)27-13-24-12-15(11-21-24)22-19(26)17-10-18-20-8-3-9-25(18)23-17/h3-12H,2,13H2,1H3,(H,22,26). The maximum absolute atomic E-state index is 12.3. The third-order valence-corrected chi connectivity index (χ3v) is 4.05. The number of carbonyl (C=O) groups excluding carboxylic acids is 1. The SMILES string of the molecule is CCc1ccc(OCn2cc(NC(=O)c3cc4ncccn4n3)cn2)cc1. The molecule has 0 atom stereocenters. The molecule has 0 aliphatic carbocycles. The van der Waals surface area contributed by atoms with Gasteiger partial charge in [-0.25, -0.2) is 14.2 Å². The Morgan fingerprint density at radius 3 is 2.89 bits per heavy atom. The van der Waals surface area contributed by atoms with Gasteiger partial charge in [0, 0.05) is 18.5 Å². The lowest BCUT2D eigenvalue weighted by Gasteiger charge is -2.06. The van der Waals surface area contributed by atoms with Crippen LogP contribution in [0.4, 0.5) is 5.69 Å². The van der Waals surface area contributed by atoms with E-state index in [4.69, 9.17) is 4.74 Å². The number of aromatic nitrogens is 5. The third kappa shape index (κ3) is 3.79. The van der Waals surface area contributed by atoms with Gasteiger partial charge in [0.05, 0.1) is 18.1 Å². The van der Waals surface area contributed by atoms with Crippen molar-refractivity contribution in [1.82, 2.24) is 24.4 Å². The van der Waals surface area contributed by atoms with Crippen LogP contribution in [0, 0.1) is 0 Å². The maximum atomic E-state index is 12.3. The van der Waals surface area contributed by atoms with Crippen LogP contribution in [0.3, 0.4) is 0 Å². The van der Waals surface area contributed by atoms with Crippen LogP contribution in [0.2, 0.25) is 0 Å². The van der Waals surface area contributed by atoms with Crippen LogP contribution in [0.5, 0.6) is 5.75 Å². The van der Waals surface area contributed by atoms with E-state index in [9.17, 15) is 4.79 Å². The number of hydrogen-bond donors (Lipinski definition) is 1. The predicted molar refractivity (Wildman–Crippen MR) is 99.6 cm³/mol. The molecule has 0 bridgehead atoms. The second kappa shape index (κ2) is 7.28. The monoisotopic (exact) mass is 362 g/mol. The van der Waals surface area contributed by atoms with Crippen LogP contribution in [0.15, 0.2) is 61.2 Å². The van der Waals surface area contributed by atoms with Crippen molar-refractivity contribution in [3.05, 3.63) is 72.4 Å². The third-order valence-electron chi connectivity index (χ3n) is 4.05. The van der Waals surface area contributed by atoms with Gasteiger partial charge in [-0.3, -0.25) is 4.79 Å². The van der Waals surface area contributed by atoms with E-state index in [1.54, 1.807) is 46.1 Å². The molecule has 1 amide bonds. The van der Waals surface area contributed by atoms with Crippen molar-refractivity contribution in [3.8, 4) is 5.75 Å². The van der Waals surface area contributed by atoms with Crippen LogP contribution < -0.4 is 10.1 Å². The summed E-state index contributed by atoms with van der Waals surface area (Å²) < 4.78 is 8.86. The molecule has 8 nitrogen and oxygen atoms in total. The molecule has 0 saturated carbocycles. The molecule has 4 rings (SSSR count). The first kappa shape index (κ1) is 16.8. The molecule has 1 aromatic carbocycles. The molecule has 4 aromatic rings. The number of nitrogens with one attached hydrogen (secondary N) is 1. The summed E-state index contributed by atoms with van der Waals surface area (Å²) in [6.45, 7) is 2.36. The summed E-state index contributed by atoms with van der Waals surface area (Å²) in [5.41, 5.74) is 2.72. The predicted octanol–water partition coefficient (Wildman–Crippen LogP) is 2.78. The fraction of sp³-hybridized carbons (Fsp3) is 0.158. The Kier molecular flexibility index (Phi) is 4.52. The quantitative estimate of drug-likeness (QED) is 0.570. The van der Waals surface area contributed by atoms with E-state index in [0.717, 1.165) is 12.2 Å². The molecule has 8 heteroatoms. The molecular formula is C19H18N6O2. The highest BCUT2D eigenvalue weighted by molar-refractivity contribution is 6.03. The van der Waals surface area contributed by atoms with Crippen molar-refractivity contribution >= 4 is 17.2 Å². The van der Waals surface area contributed by atoms with E-state index in [2.05, 4.69) is 27.4 Å². The molecule has 0 saturated heterocycles. The number of carbonyl (C=O) groups is 1. The van der Waals surface area contributed by atoms with Gasteiger partial charge in [-0.15, -0.1) is 0 Å². The van der Waals surface area contributed by atoms with E-state index in [0.29, 0.717) is 11.3 Å². The zero-order chi connectivity index (χ0) is 18.6. The zero-order valence-electron chi connectivity index (χ0n) is 14.7. The Morgan fingerprint density at radius 1 is 1.26 bits per heavy atom. The fourth-order valence-corrected chi connectivity index (χ4v) is 2.60. The first-order valence-corrected chi connectivity index (χ1v) is 8.57. The Hall–Kier alpha value is -3.68. The summed E-state index contributed by atoms with van der Waals surface area (Å²) in [5.74, 6) is 0.446. The smallest absolute Gasteiger partial charge is 0.276 e. The van der Waals surface area contributed by atoms with Gasteiger partial charge in [0.1, 0.15) is 5.75 Å². The largest absolute Gasteiger partial charge is 0.471 e. The van der Waals surface area contributed by atoms with Gasteiger partial charge in [-0.2, -0.15) is 10.2 Å². The number of hydrogen-bond acceptors (Lipinski definition) is 5. The average molecular weight is 362 g/mol. The lowest BCUT2D eigenvalue weighted by Crippen LogP contribution is -2.12. The minimum absolute atomic E-state index is 0.250. The molecule has 0 radical (unpaired) electrons. The second-order valence-electron chi connectivity index (χ2n) is 5.95. The lowest BCUT2D eigenvalue weighted by atomic mass is 10.2. The highest BCUT2D eigenvalue weighted by Crippen LogP contribution is 2.14. The van der Waals surface area contributed by atoms with Gasteiger partial charge in [0.15, 0.2) is 18.1 Å². The Morgan fingerprint density at radius 2 is 2.11 bits per heavy atom. The second-order valence-corrected chi connectivity index (χ2v) is 5.95. The van der Waals surface area contributed by atoms with Crippen molar-refractivity contribution < 1.29 is 9.53 Å². The fourth-order valence-electron chi connectivity index (χ4n) is 2.60. The van der Waals surface area contributed by atoms with Crippen molar-refractivity contribution in [1.29, 1.82) is 0 Å². The van der Waals surface area contributed by atoms with Gasteiger partial charge in [-0.05, 0) is 30.2 Å². The molecule has 1 N–H and O–H groups in total. The molecule has 0 spiro atoms. The van der Waals surface area contributed by atoms with Crippen molar-refractivity contribution in [2.75, 3.05) is 5.32 Å². The number of ether oxygens (including phenoxy) is 1. The summed E-state index contributed by atoms with van der Waals surface area (Å²) >= 11 is 0. The van der Waals surface area contributed by atoms with Gasteiger partial charge < -0.3 is 10.1 Å².